The third kappa shape index (κ3) is 2.06. The number of hydrogen-bond acceptors (Lipinski definition) is 3. The van der Waals surface area contributed by atoms with Crippen LogP contribution in [0.3, 0.4) is 0 Å². The molecular formula is C10H17NO2S. The van der Waals surface area contributed by atoms with Gasteiger partial charge in [-0.05, 0) is 25.0 Å². The molecule has 1 N–H and O–H groups in total. The lowest BCUT2D eigenvalue weighted by atomic mass is 10.1. The maximum atomic E-state index is 11.9. The Labute approximate surface area is 88.9 Å². The number of carbonyl (C=O) groups is 1. The molecule has 2 aliphatic heterocycles. The van der Waals surface area contributed by atoms with E-state index in [9.17, 15) is 4.79 Å². The van der Waals surface area contributed by atoms with Gasteiger partial charge in [0.15, 0.2) is 0 Å². The first-order valence-electron chi connectivity index (χ1n) is 5.32. The summed E-state index contributed by atoms with van der Waals surface area (Å²) in [6.07, 6.45) is 3.20. The van der Waals surface area contributed by atoms with Crippen molar-refractivity contribution in [1.82, 2.24) is 4.90 Å². The quantitative estimate of drug-likeness (QED) is 0.738. The number of likely N-dealkylation sites (tertiary alicyclic amines) is 1. The van der Waals surface area contributed by atoms with Crippen molar-refractivity contribution in [2.24, 2.45) is 5.92 Å². The van der Waals surface area contributed by atoms with E-state index in [4.69, 9.17) is 5.11 Å². The molecule has 3 nitrogen and oxygen atoms in total. The van der Waals surface area contributed by atoms with Crippen molar-refractivity contribution in [3.63, 3.8) is 0 Å². The highest BCUT2D eigenvalue weighted by Crippen LogP contribution is 2.29. The highest BCUT2D eigenvalue weighted by molar-refractivity contribution is 8.00. The predicted octanol–water partition coefficient (Wildman–Crippen LogP) is 0.723. The molecule has 0 spiro atoms. The van der Waals surface area contributed by atoms with Gasteiger partial charge in [0.1, 0.15) is 0 Å². The molecule has 0 aromatic heterocycles. The summed E-state index contributed by atoms with van der Waals surface area (Å²) in [6.45, 7) is 1.84. The Morgan fingerprint density at radius 3 is 2.93 bits per heavy atom. The average Bonchev–Trinajstić information content (AvgIpc) is 2.88. The van der Waals surface area contributed by atoms with Crippen LogP contribution in [0.4, 0.5) is 0 Å². The lowest BCUT2D eigenvalue weighted by molar-refractivity contribution is -0.129. The van der Waals surface area contributed by atoms with E-state index in [0.717, 1.165) is 31.7 Å². The monoisotopic (exact) mass is 215 g/mol. The largest absolute Gasteiger partial charge is 0.396 e. The second-order valence-corrected chi connectivity index (χ2v) is 5.43. The van der Waals surface area contributed by atoms with E-state index in [1.165, 1.54) is 6.42 Å². The molecule has 2 unspecified atom stereocenters. The highest BCUT2D eigenvalue weighted by atomic mass is 32.2. The summed E-state index contributed by atoms with van der Waals surface area (Å²) in [5.74, 6) is 1.77. The van der Waals surface area contributed by atoms with Crippen LogP contribution >= 0.6 is 11.8 Å². The molecule has 0 saturated carbocycles. The fourth-order valence-electron chi connectivity index (χ4n) is 2.16. The second kappa shape index (κ2) is 4.53. The third-order valence-corrected chi connectivity index (χ3v) is 4.42. The molecule has 2 fully saturated rings. The van der Waals surface area contributed by atoms with Gasteiger partial charge < -0.3 is 10.0 Å². The maximum absolute atomic E-state index is 11.9. The molecular weight excluding hydrogens is 198 g/mol. The number of aliphatic hydroxyl groups is 1. The molecule has 0 aromatic carbocycles. The lowest BCUT2D eigenvalue weighted by Crippen LogP contribution is -2.35. The van der Waals surface area contributed by atoms with E-state index in [0.29, 0.717) is 11.8 Å². The fourth-order valence-corrected chi connectivity index (χ4v) is 3.40. The smallest absolute Gasteiger partial charge is 0.235 e. The van der Waals surface area contributed by atoms with Gasteiger partial charge in [0.05, 0.1) is 5.25 Å². The van der Waals surface area contributed by atoms with Crippen LogP contribution in [0, 0.1) is 5.92 Å². The molecule has 0 aromatic rings. The zero-order chi connectivity index (χ0) is 9.97. The van der Waals surface area contributed by atoms with Gasteiger partial charge >= 0.3 is 0 Å². The molecule has 0 bridgehead atoms. The molecule has 2 aliphatic rings. The van der Waals surface area contributed by atoms with Crippen LogP contribution in [0.2, 0.25) is 0 Å². The Kier molecular flexibility index (Phi) is 3.34. The van der Waals surface area contributed by atoms with Crippen LogP contribution in [-0.4, -0.2) is 46.6 Å². The second-order valence-electron chi connectivity index (χ2n) is 4.12. The number of aliphatic hydroxyl groups excluding tert-OH is 1. The molecule has 0 aliphatic carbocycles. The number of amides is 1. The van der Waals surface area contributed by atoms with Crippen molar-refractivity contribution in [1.29, 1.82) is 0 Å². The third-order valence-electron chi connectivity index (χ3n) is 3.06. The topological polar surface area (TPSA) is 40.5 Å². The van der Waals surface area contributed by atoms with Crippen molar-refractivity contribution in [3.8, 4) is 0 Å². The molecule has 2 atom stereocenters. The number of rotatable bonds is 2. The number of carbonyl (C=O) groups excluding carboxylic acids is 1. The summed E-state index contributed by atoms with van der Waals surface area (Å²) in [7, 11) is 0. The Hall–Kier alpha value is -0.220. The van der Waals surface area contributed by atoms with Crippen molar-refractivity contribution in [3.05, 3.63) is 0 Å². The van der Waals surface area contributed by atoms with Crippen molar-refractivity contribution < 1.29 is 9.90 Å². The summed E-state index contributed by atoms with van der Waals surface area (Å²) >= 11 is 1.79. The summed E-state index contributed by atoms with van der Waals surface area (Å²) in [5, 5.41) is 9.20. The van der Waals surface area contributed by atoms with Crippen molar-refractivity contribution >= 4 is 17.7 Å². The van der Waals surface area contributed by atoms with Gasteiger partial charge in [-0.2, -0.15) is 0 Å². The van der Waals surface area contributed by atoms with Gasteiger partial charge in [-0.1, -0.05) is 0 Å². The van der Waals surface area contributed by atoms with E-state index in [1.807, 2.05) is 4.90 Å². The van der Waals surface area contributed by atoms with E-state index in [-0.39, 0.29) is 11.9 Å². The van der Waals surface area contributed by atoms with Crippen LogP contribution < -0.4 is 0 Å². The minimum atomic E-state index is 0.215. The predicted molar refractivity (Wildman–Crippen MR) is 57.3 cm³/mol. The van der Waals surface area contributed by atoms with Crippen LogP contribution in [0.5, 0.6) is 0 Å². The highest BCUT2D eigenvalue weighted by Gasteiger charge is 2.32. The van der Waals surface area contributed by atoms with Crippen molar-refractivity contribution in [2.75, 3.05) is 25.4 Å². The minimum Gasteiger partial charge on any atom is -0.396 e. The molecule has 14 heavy (non-hydrogen) atoms. The van der Waals surface area contributed by atoms with Crippen LogP contribution in [0.25, 0.3) is 0 Å². The SMILES string of the molecule is O=C(C1CCCS1)N1CCC(CO)C1. The molecule has 2 saturated heterocycles. The van der Waals surface area contributed by atoms with Gasteiger partial charge in [0.2, 0.25) is 5.91 Å². The van der Waals surface area contributed by atoms with Gasteiger partial charge in [-0.25, -0.2) is 0 Å². The first-order valence-corrected chi connectivity index (χ1v) is 6.37. The number of nitrogens with zero attached hydrogens (tertiary/aromatic N) is 1. The van der Waals surface area contributed by atoms with E-state index in [1.54, 1.807) is 11.8 Å². The minimum absolute atomic E-state index is 0.215. The van der Waals surface area contributed by atoms with Gasteiger partial charge in [-0.3, -0.25) is 4.79 Å². The Morgan fingerprint density at radius 1 is 1.50 bits per heavy atom. The molecule has 0 radical (unpaired) electrons. The number of thioether (sulfide) groups is 1. The normalized spacial score (nSPS) is 32.5. The standard InChI is InChI=1S/C10H17NO2S/c12-7-8-3-4-11(6-8)10(13)9-2-1-5-14-9/h8-9,12H,1-7H2. The van der Waals surface area contributed by atoms with Crippen LogP contribution in [0.15, 0.2) is 0 Å². The summed E-state index contributed by atoms with van der Waals surface area (Å²) in [4.78, 5) is 13.9. The average molecular weight is 215 g/mol. The molecule has 2 rings (SSSR count). The molecule has 2 heterocycles. The van der Waals surface area contributed by atoms with E-state index < -0.39 is 0 Å². The summed E-state index contributed by atoms with van der Waals surface area (Å²) in [6, 6.07) is 0. The molecule has 4 heteroatoms. The number of hydrogen-bond donors (Lipinski definition) is 1. The summed E-state index contributed by atoms with van der Waals surface area (Å²) < 4.78 is 0. The van der Waals surface area contributed by atoms with E-state index >= 15 is 0 Å². The Bertz CT molecular complexity index is 216. The van der Waals surface area contributed by atoms with Crippen LogP contribution in [0.1, 0.15) is 19.3 Å². The van der Waals surface area contributed by atoms with Gasteiger partial charge in [0.25, 0.3) is 0 Å². The fraction of sp³-hybridized carbons (Fsp3) is 0.900. The zero-order valence-electron chi connectivity index (χ0n) is 8.32. The van der Waals surface area contributed by atoms with Crippen molar-refractivity contribution in [2.45, 2.75) is 24.5 Å². The lowest BCUT2D eigenvalue weighted by Gasteiger charge is -2.19. The van der Waals surface area contributed by atoms with Gasteiger partial charge in [0, 0.05) is 25.6 Å². The first-order chi connectivity index (χ1) is 6.81. The molecule has 1 amide bonds. The zero-order valence-corrected chi connectivity index (χ0v) is 9.13. The Balaban J connectivity index is 1.86. The maximum Gasteiger partial charge on any atom is 0.235 e. The van der Waals surface area contributed by atoms with Crippen LogP contribution in [-0.2, 0) is 4.79 Å². The Morgan fingerprint density at radius 2 is 2.36 bits per heavy atom. The first kappa shape index (κ1) is 10.3. The molecule has 80 valence electrons. The van der Waals surface area contributed by atoms with E-state index in [2.05, 4.69) is 0 Å². The van der Waals surface area contributed by atoms with Gasteiger partial charge in [-0.15, -0.1) is 11.8 Å². The summed E-state index contributed by atoms with van der Waals surface area (Å²) in [5.41, 5.74) is 0.